The van der Waals surface area contributed by atoms with E-state index in [9.17, 15) is 0 Å². The van der Waals surface area contributed by atoms with Gasteiger partial charge >= 0.3 is 0 Å². The lowest BCUT2D eigenvalue weighted by Crippen LogP contribution is -2.22. The molecule has 1 aliphatic carbocycles. The third-order valence-corrected chi connectivity index (χ3v) is 2.59. The molecule has 0 unspecified atom stereocenters. The van der Waals surface area contributed by atoms with E-state index in [1.165, 1.54) is 12.0 Å². The summed E-state index contributed by atoms with van der Waals surface area (Å²) in [4.78, 5) is 0. The lowest BCUT2D eigenvalue weighted by molar-refractivity contribution is 0.247. The molecule has 1 rings (SSSR count). The second-order valence-electron chi connectivity index (χ2n) is 4.41. The Hall–Kier alpha value is -0.300. The third-order valence-electron chi connectivity index (χ3n) is 2.59. The van der Waals surface area contributed by atoms with Crippen molar-refractivity contribution in [2.45, 2.75) is 33.6 Å². The highest BCUT2D eigenvalue weighted by Crippen LogP contribution is 2.37. The molecule has 64 valence electrons. The molecule has 0 aliphatic heterocycles. The van der Waals surface area contributed by atoms with Gasteiger partial charge in [-0.1, -0.05) is 26.8 Å². The Morgan fingerprint density at radius 2 is 2.27 bits per heavy atom. The summed E-state index contributed by atoms with van der Waals surface area (Å²) < 4.78 is 0. The van der Waals surface area contributed by atoms with Crippen LogP contribution in [0.5, 0.6) is 0 Å². The smallest absolute Gasteiger partial charge is 0.0644 e. The van der Waals surface area contributed by atoms with E-state index in [4.69, 9.17) is 5.11 Å². The monoisotopic (exact) mass is 154 g/mol. The Kier molecular flexibility index (Phi) is 2.38. The van der Waals surface area contributed by atoms with Crippen molar-refractivity contribution in [2.24, 2.45) is 11.3 Å². The van der Waals surface area contributed by atoms with E-state index in [1.54, 1.807) is 0 Å². The minimum Gasteiger partial charge on any atom is -0.392 e. The number of rotatable bonds is 1. The van der Waals surface area contributed by atoms with Crippen LogP contribution in [0.15, 0.2) is 11.6 Å². The van der Waals surface area contributed by atoms with Crippen LogP contribution in [0.1, 0.15) is 33.6 Å². The maximum absolute atomic E-state index is 8.96. The van der Waals surface area contributed by atoms with Gasteiger partial charge in [0.1, 0.15) is 0 Å². The molecule has 0 fully saturated rings. The predicted octanol–water partition coefficient (Wildman–Crippen LogP) is 2.36. The van der Waals surface area contributed by atoms with Crippen molar-refractivity contribution >= 4 is 0 Å². The van der Waals surface area contributed by atoms with Crippen LogP contribution in [0.3, 0.4) is 0 Å². The zero-order valence-corrected chi connectivity index (χ0v) is 7.72. The van der Waals surface area contributed by atoms with Gasteiger partial charge in [-0.2, -0.15) is 0 Å². The molecule has 0 radical (unpaired) electrons. The Labute approximate surface area is 69.1 Å². The molecule has 0 saturated heterocycles. The standard InChI is InChI=1S/C10H18O/c1-8-6-10(2,3)5-4-9(8)7-11/h4,8,11H,5-7H2,1-3H3/t8-/m0/s1. The topological polar surface area (TPSA) is 20.2 Å². The van der Waals surface area contributed by atoms with Crippen LogP contribution in [0.2, 0.25) is 0 Å². The summed E-state index contributed by atoms with van der Waals surface area (Å²) >= 11 is 0. The molecule has 1 nitrogen and oxygen atoms in total. The van der Waals surface area contributed by atoms with Gasteiger partial charge in [0.25, 0.3) is 0 Å². The summed E-state index contributed by atoms with van der Waals surface area (Å²) in [5, 5.41) is 8.96. The van der Waals surface area contributed by atoms with E-state index < -0.39 is 0 Å². The van der Waals surface area contributed by atoms with Crippen molar-refractivity contribution in [3.05, 3.63) is 11.6 Å². The van der Waals surface area contributed by atoms with Crippen LogP contribution in [-0.2, 0) is 0 Å². The first-order valence-electron chi connectivity index (χ1n) is 4.35. The molecule has 11 heavy (non-hydrogen) atoms. The van der Waals surface area contributed by atoms with Crippen molar-refractivity contribution < 1.29 is 5.11 Å². The second kappa shape index (κ2) is 2.98. The normalized spacial score (nSPS) is 29.8. The van der Waals surface area contributed by atoms with Crippen LogP contribution in [0.4, 0.5) is 0 Å². The Bertz CT molecular complexity index is 168. The van der Waals surface area contributed by atoms with E-state index in [1.807, 2.05) is 0 Å². The first-order chi connectivity index (χ1) is 5.05. The van der Waals surface area contributed by atoms with E-state index in [0.717, 1.165) is 6.42 Å². The van der Waals surface area contributed by atoms with Crippen molar-refractivity contribution in [3.63, 3.8) is 0 Å². The van der Waals surface area contributed by atoms with Crippen LogP contribution >= 0.6 is 0 Å². The van der Waals surface area contributed by atoms with Crippen LogP contribution < -0.4 is 0 Å². The van der Waals surface area contributed by atoms with Gasteiger partial charge in [0.15, 0.2) is 0 Å². The maximum atomic E-state index is 8.96. The van der Waals surface area contributed by atoms with Crippen molar-refractivity contribution in [1.29, 1.82) is 0 Å². The highest BCUT2D eigenvalue weighted by molar-refractivity contribution is 5.12. The van der Waals surface area contributed by atoms with Gasteiger partial charge in [-0.3, -0.25) is 0 Å². The number of allylic oxidation sites excluding steroid dienone is 1. The van der Waals surface area contributed by atoms with Crippen LogP contribution in [0, 0.1) is 11.3 Å². The SMILES string of the molecule is C[C@H]1CC(C)(C)CC=C1CO. The fourth-order valence-electron chi connectivity index (χ4n) is 1.87. The van der Waals surface area contributed by atoms with E-state index in [-0.39, 0.29) is 6.61 Å². The Morgan fingerprint density at radius 3 is 2.73 bits per heavy atom. The van der Waals surface area contributed by atoms with Crippen LogP contribution in [-0.4, -0.2) is 11.7 Å². The minimum absolute atomic E-state index is 0.247. The molecule has 1 N–H and O–H groups in total. The molecule has 0 amide bonds. The Balaban J connectivity index is 2.68. The van der Waals surface area contributed by atoms with Gasteiger partial charge < -0.3 is 5.11 Å². The minimum atomic E-state index is 0.247. The highest BCUT2D eigenvalue weighted by atomic mass is 16.3. The van der Waals surface area contributed by atoms with Crippen LogP contribution in [0.25, 0.3) is 0 Å². The van der Waals surface area contributed by atoms with Crippen molar-refractivity contribution in [2.75, 3.05) is 6.61 Å². The first-order valence-corrected chi connectivity index (χ1v) is 4.35. The molecule has 0 aromatic carbocycles. The summed E-state index contributed by atoms with van der Waals surface area (Å²) in [6.45, 7) is 7.02. The fourth-order valence-corrected chi connectivity index (χ4v) is 1.87. The molecule has 1 aliphatic rings. The summed E-state index contributed by atoms with van der Waals surface area (Å²) in [5.74, 6) is 0.573. The number of aliphatic hydroxyl groups is 1. The van der Waals surface area contributed by atoms with Gasteiger partial charge in [0.05, 0.1) is 6.61 Å². The van der Waals surface area contributed by atoms with Gasteiger partial charge in [-0.05, 0) is 29.7 Å². The lowest BCUT2D eigenvalue weighted by Gasteiger charge is -2.32. The molecule has 0 bridgehead atoms. The second-order valence-corrected chi connectivity index (χ2v) is 4.41. The average molecular weight is 154 g/mol. The quantitative estimate of drug-likeness (QED) is 0.575. The zero-order valence-electron chi connectivity index (χ0n) is 7.72. The highest BCUT2D eigenvalue weighted by Gasteiger charge is 2.25. The fraction of sp³-hybridized carbons (Fsp3) is 0.800. The molecule has 1 atom stereocenters. The molecule has 0 heterocycles. The Morgan fingerprint density at radius 1 is 1.64 bits per heavy atom. The van der Waals surface area contributed by atoms with Gasteiger partial charge in [0.2, 0.25) is 0 Å². The summed E-state index contributed by atoms with van der Waals surface area (Å²) in [6, 6.07) is 0. The van der Waals surface area contributed by atoms with Gasteiger partial charge in [-0.25, -0.2) is 0 Å². The molecule has 0 aromatic heterocycles. The van der Waals surface area contributed by atoms with E-state index in [0.29, 0.717) is 11.3 Å². The molecular formula is C10H18O. The first kappa shape index (κ1) is 8.79. The lowest BCUT2D eigenvalue weighted by atomic mass is 9.73. The number of aliphatic hydroxyl groups excluding tert-OH is 1. The average Bonchev–Trinajstić information content (AvgIpc) is 1.86. The summed E-state index contributed by atoms with van der Waals surface area (Å²) in [6.07, 6.45) is 4.53. The molecule has 1 heteroatoms. The van der Waals surface area contributed by atoms with E-state index in [2.05, 4.69) is 26.8 Å². The number of hydrogen-bond acceptors (Lipinski definition) is 1. The summed E-state index contributed by atoms with van der Waals surface area (Å²) in [7, 11) is 0. The zero-order chi connectivity index (χ0) is 8.48. The van der Waals surface area contributed by atoms with Crippen molar-refractivity contribution in [3.8, 4) is 0 Å². The predicted molar refractivity (Wildman–Crippen MR) is 47.3 cm³/mol. The summed E-state index contributed by atoms with van der Waals surface area (Å²) in [5.41, 5.74) is 1.67. The third kappa shape index (κ3) is 2.06. The maximum Gasteiger partial charge on any atom is 0.0644 e. The molecule has 0 aromatic rings. The largest absolute Gasteiger partial charge is 0.392 e. The molecular weight excluding hydrogens is 136 g/mol. The van der Waals surface area contributed by atoms with Gasteiger partial charge in [0, 0.05) is 0 Å². The molecule has 0 spiro atoms. The van der Waals surface area contributed by atoms with Gasteiger partial charge in [-0.15, -0.1) is 0 Å². The molecule has 0 saturated carbocycles. The van der Waals surface area contributed by atoms with E-state index >= 15 is 0 Å². The van der Waals surface area contributed by atoms with Crippen molar-refractivity contribution in [1.82, 2.24) is 0 Å². The number of hydrogen-bond donors (Lipinski definition) is 1.